The van der Waals surface area contributed by atoms with Gasteiger partial charge in [-0.15, -0.1) is 12.4 Å². The van der Waals surface area contributed by atoms with Crippen molar-refractivity contribution in [2.24, 2.45) is 17.1 Å². The molecule has 0 aromatic carbocycles. The van der Waals surface area contributed by atoms with E-state index < -0.39 is 5.41 Å². The van der Waals surface area contributed by atoms with Crippen molar-refractivity contribution in [3.05, 3.63) is 0 Å². The molecule has 5 nitrogen and oxygen atoms in total. The molecule has 1 heterocycles. The molecule has 0 spiro atoms. The molecule has 1 fully saturated rings. The number of nitrogens with zero attached hydrogens (tertiary/aromatic N) is 1. The molecule has 0 saturated carbocycles. The molecule has 1 amide bonds. The van der Waals surface area contributed by atoms with Crippen molar-refractivity contribution in [3.63, 3.8) is 0 Å². The zero-order valence-electron chi connectivity index (χ0n) is 13.4. The number of hydrogen-bond acceptors (Lipinski definition) is 4. The van der Waals surface area contributed by atoms with Gasteiger partial charge in [0, 0.05) is 19.6 Å². The number of carbonyl (C=O) groups excluding carboxylic acids is 2. The van der Waals surface area contributed by atoms with E-state index >= 15 is 0 Å². The van der Waals surface area contributed by atoms with Gasteiger partial charge in [-0.2, -0.15) is 0 Å². The number of hydrogen-bond donors (Lipinski definition) is 1. The van der Waals surface area contributed by atoms with E-state index in [0.29, 0.717) is 19.7 Å². The largest absolute Gasteiger partial charge is 0.466 e. The van der Waals surface area contributed by atoms with Crippen LogP contribution in [0.5, 0.6) is 0 Å². The van der Waals surface area contributed by atoms with E-state index in [4.69, 9.17) is 10.5 Å². The van der Waals surface area contributed by atoms with Crippen LogP contribution in [0.15, 0.2) is 0 Å². The lowest BCUT2D eigenvalue weighted by atomic mass is 9.80. The number of piperidine rings is 1. The van der Waals surface area contributed by atoms with E-state index in [-0.39, 0.29) is 30.2 Å². The van der Waals surface area contributed by atoms with Crippen molar-refractivity contribution in [1.29, 1.82) is 0 Å². The van der Waals surface area contributed by atoms with Crippen LogP contribution in [-0.2, 0) is 14.3 Å². The molecule has 2 N–H and O–H groups in total. The molecule has 0 aliphatic carbocycles. The van der Waals surface area contributed by atoms with Crippen molar-refractivity contribution < 1.29 is 14.3 Å². The van der Waals surface area contributed by atoms with E-state index in [9.17, 15) is 9.59 Å². The molecule has 0 radical (unpaired) electrons. The van der Waals surface area contributed by atoms with Gasteiger partial charge < -0.3 is 15.4 Å². The minimum atomic E-state index is -0.476. The molecule has 1 unspecified atom stereocenters. The Labute approximate surface area is 134 Å². The number of esters is 1. The predicted octanol–water partition coefficient (Wildman–Crippen LogP) is 1.98. The van der Waals surface area contributed by atoms with Crippen molar-refractivity contribution in [1.82, 2.24) is 4.90 Å². The number of ether oxygens (including phenoxy) is 1. The van der Waals surface area contributed by atoms with Gasteiger partial charge >= 0.3 is 5.97 Å². The molecular formula is C15H29ClN2O3. The van der Waals surface area contributed by atoms with Crippen LogP contribution < -0.4 is 5.73 Å². The summed E-state index contributed by atoms with van der Waals surface area (Å²) in [5, 5.41) is 0. The fraction of sp³-hybridized carbons (Fsp3) is 0.867. The van der Waals surface area contributed by atoms with Gasteiger partial charge in [-0.1, -0.05) is 13.8 Å². The number of rotatable bonds is 6. The van der Waals surface area contributed by atoms with E-state index in [2.05, 4.69) is 0 Å². The first-order chi connectivity index (χ1) is 9.54. The van der Waals surface area contributed by atoms with Gasteiger partial charge in [0.25, 0.3) is 0 Å². The van der Waals surface area contributed by atoms with Crippen molar-refractivity contribution in [2.75, 3.05) is 26.2 Å². The molecule has 124 valence electrons. The van der Waals surface area contributed by atoms with Crippen LogP contribution in [0, 0.1) is 11.3 Å². The Morgan fingerprint density at radius 3 is 2.38 bits per heavy atom. The second kappa shape index (κ2) is 9.26. The van der Waals surface area contributed by atoms with Gasteiger partial charge in [-0.3, -0.25) is 9.59 Å². The van der Waals surface area contributed by atoms with E-state index in [1.54, 1.807) is 6.92 Å². The maximum absolute atomic E-state index is 12.7. The predicted molar refractivity (Wildman–Crippen MR) is 85.3 cm³/mol. The first-order valence-electron chi connectivity index (χ1n) is 7.70. The third-order valence-electron chi connectivity index (χ3n) is 4.53. The maximum atomic E-state index is 12.7. The van der Waals surface area contributed by atoms with E-state index in [0.717, 1.165) is 32.2 Å². The lowest BCUT2D eigenvalue weighted by molar-refractivity contribution is -0.153. The normalized spacial score (nSPS) is 18.9. The van der Waals surface area contributed by atoms with Gasteiger partial charge in [0.15, 0.2) is 0 Å². The lowest BCUT2D eigenvalue weighted by Gasteiger charge is -2.39. The van der Waals surface area contributed by atoms with Crippen LogP contribution in [-0.4, -0.2) is 43.0 Å². The molecule has 1 aliphatic heterocycles. The molecule has 6 heteroatoms. The fourth-order valence-electron chi connectivity index (χ4n) is 2.88. The van der Waals surface area contributed by atoms with Crippen LogP contribution in [0.4, 0.5) is 0 Å². The van der Waals surface area contributed by atoms with Crippen LogP contribution in [0.25, 0.3) is 0 Å². The Hall–Kier alpha value is -0.810. The quantitative estimate of drug-likeness (QED) is 0.759. The summed E-state index contributed by atoms with van der Waals surface area (Å²) in [4.78, 5) is 26.4. The SMILES string of the molecule is CCOC(=O)C1CCCN(C(=O)C(CC)(CC)CN)C1.Cl. The summed E-state index contributed by atoms with van der Waals surface area (Å²) in [7, 11) is 0. The highest BCUT2D eigenvalue weighted by atomic mass is 35.5. The Morgan fingerprint density at radius 1 is 1.29 bits per heavy atom. The third-order valence-corrected chi connectivity index (χ3v) is 4.53. The van der Waals surface area contributed by atoms with Gasteiger partial charge in [-0.25, -0.2) is 0 Å². The highest BCUT2D eigenvalue weighted by Gasteiger charge is 2.39. The zero-order chi connectivity index (χ0) is 15.2. The molecule has 1 aliphatic rings. The fourth-order valence-corrected chi connectivity index (χ4v) is 2.88. The maximum Gasteiger partial charge on any atom is 0.310 e. The average Bonchev–Trinajstić information content (AvgIpc) is 2.50. The minimum Gasteiger partial charge on any atom is -0.466 e. The lowest BCUT2D eigenvalue weighted by Crippen LogP contribution is -2.51. The molecule has 0 aromatic heterocycles. The first kappa shape index (κ1) is 20.2. The van der Waals surface area contributed by atoms with Crippen molar-refractivity contribution in [3.8, 4) is 0 Å². The monoisotopic (exact) mass is 320 g/mol. The summed E-state index contributed by atoms with van der Waals surface area (Å²) in [5.41, 5.74) is 5.36. The summed E-state index contributed by atoms with van der Waals surface area (Å²) >= 11 is 0. The molecular weight excluding hydrogens is 292 g/mol. The summed E-state index contributed by atoms with van der Waals surface area (Å²) in [5.74, 6) is -0.271. The number of amides is 1. The second-order valence-electron chi connectivity index (χ2n) is 5.53. The smallest absolute Gasteiger partial charge is 0.310 e. The summed E-state index contributed by atoms with van der Waals surface area (Å²) in [6, 6.07) is 0. The summed E-state index contributed by atoms with van der Waals surface area (Å²) in [6.45, 7) is 7.74. The van der Waals surface area contributed by atoms with Crippen molar-refractivity contribution >= 4 is 24.3 Å². The van der Waals surface area contributed by atoms with Crippen molar-refractivity contribution in [2.45, 2.75) is 46.5 Å². The van der Waals surface area contributed by atoms with Crippen LogP contribution in [0.3, 0.4) is 0 Å². The van der Waals surface area contributed by atoms with Gasteiger partial charge in [0.2, 0.25) is 5.91 Å². The average molecular weight is 321 g/mol. The third kappa shape index (κ3) is 4.58. The first-order valence-corrected chi connectivity index (χ1v) is 7.70. The molecule has 1 saturated heterocycles. The van der Waals surface area contributed by atoms with Crippen LogP contribution in [0.1, 0.15) is 46.5 Å². The minimum absolute atomic E-state index is 0. The molecule has 21 heavy (non-hydrogen) atoms. The number of carbonyl (C=O) groups is 2. The number of halogens is 1. The van der Waals surface area contributed by atoms with E-state index in [1.807, 2.05) is 18.7 Å². The molecule has 0 aromatic rings. The van der Waals surface area contributed by atoms with Crippen LogP contribution >= 0.6 is 12.4 Å². The highest BCUT2D eigenvalue weighted by molar-refractivity contribution is 5.85. The number of nitrogens with two attached hydrogens (primary N) is 1. The molecule has 1 atom stereocenters. The molecule has 0 bridgehead atoms. The zero-order valence-corrected chi connectivity index (χ0v) is 14.2. The van der Waals surface area contributed by atoms with E-state index in [1.165, 1.54) is 0 Å². The Morgan fingerprint density at radius 2 is 1.90 bits per heavy atom. The highest BCUT2D eigenvalue weighted by Crippen LogP contribution is 2.30. The topological polar surface area (TPSA) is 72.6 Å². The Bertz CT molecular complexity index is 338. The van der Waals surface area contributed by atoms with Gasteiger partial charge in [0.1, 0.15) is 0 Å². The summed E-state index contributed by atoms with van der Waals surface area (Å²) < 4.78 is 5.07. The number of likely N-dealkylation sites (tertiary alicyclic amines) is 1. The standard InChI is InChI=1S/C15H28N2O3.ClH/c1-4-15(5-2,11-16)14(19)17-9-7-8-12(10-17)13(18)20-6-3;/h12H,4-11,16H2,1-3H3;1H. The van der Waals surface area contributed by atoms with Gasteiger partial charge in [-0.05, 0) is 32.6 Å². The Kier molecular flexibility index (Phi) is 8.90. The Balaban J connectivity index is 0.00000400. The second-order valence-corrected chi connectivity index (χ2v) is 5.53. The summed E-state index contributed by atoms with van der Waals surface area (Å²) in [6.07, 6.45) is 3.12. The molecule has 1 rings (SSSR count). The van der Waals surface area contributed by atoms with Crippen LogP contribution in [0.2, 0.25) is 0 Å². The van der Waals surface area contributed by atoms with Gasteiger partial charge in [0.05, 0.1) is 17.9 Å².